The molecular weight excluding hydrogens is 230 g/mol. The van der Waals surface area contributed by atoms with E-state index in [1.54, 1.807) is 0 Å². The van der Waals surface area contributed by atoms with E-state index in [4.69, 9.17) is 5.73 Å². The molecule has 0 spiro atoms. The molecule has 4 fully saturated rings. The van der Waals surface area contributed by atoms with Gasteiger partial charge in [0.15, 0.2) is 0 Å². The maximum atomic E-state index is 5.84. The molecular formula is C13H19N3S. The first-order valence-electron chi connectivity index (χ1n) is 6.81. The standard InChI is InChI=1S/C13H19N3S/c14-7-11-12(15-16-17-11)13-4-8-1-9(5-13)3-10(2-8)6-13/h8-10H,1-7,14H2. The maximum Gasteiger partial charge on any atom is 0.0862 e. The first kappa shape index (κ1) is 10.4. The summed E-state index contributed by atoms with van der Waals surface area (Å²) in [6.45, 7) is 0.620. The van der Waals surface area contributed by atoms with Crippen LogP contribution in [0.15, 0.2) is 0 Å². The lowest BCUT2D eigenvalue weighted by Crippen LogP contribution is -2.49. The van der Waals surface area contributed by atoms with Gasteiger partial charge in [-0.1, -0.05) is 4.49 Å². The highest BCUT2D eigenvalue weighted by molar-refractivity contribution is 7.05. The Labute approximate surface area is 106 Å². The molecule has 1 heterocycles. The van der Waals surface area contributed by atoms with Crippen LogP contribution in [0.3, 0.4) is 0 Å². The quantitative estimate of drug-likeness (QED) is 0.876. The summed E-state index contributed by atoms with van der Waals surface area (Å²) in [5, 5.41) is 4.47. The molecule has 4 aliphatic carbocycles. The van der Waals surface area contributed by atoms with Gasteiger partial charge in [0.05, 0.1) is 10.6 Å². The summed E-state index contributed by atoms with van der Waals surface area (Å²) in [6, 6.07) is 0. The van der Waals surface area contributed by atoms with Gasteiger partial charge in [-0.2, -0.15) is 0 Å². The van der Waals surface area contributed by atoms with E-state index in [9.17, 15) is 0 Å². The van der Waals surface area contributed by atoms with Gasteiger partial charge >= 0.3 is 0 Å². The zero-order valence-electron chi connectivity index (χ0n) is 10.1. The smallest absolute Gasteiger partial charge is 0.0862 e. The predicted molar refractivity (Wildman–Crippen MR) is 67.7 cm³/mol. The molecule has 4 bridgehead atoms. The highest BCUT2D eigenvalue weighted by Gasteiger charge is 2.53. The fourth-order valence-electron chi connectivity index (χ4n) is 5.15. The van der Waals surface area contributed by atoms with Gasteiger partial charge in [0.1, 0.15) is 0 Å². The van der Waals surface area contributed by atoms with Crippen molar-refractivity contribution in [2.75, 3.05) is 0 Å². The molecule has 0 amide bonds. The van der Waals surface area contributed by atoms with Crippen molar-refractivity contribution in [1.82, 2.24) is 9.59 Å². The third-order valence-electron chi connectivity index (χ3n) is 5.28. The second kappa shape index (κ2) is 3.51. The van der Waals surface area contributed by atoms with Gasteiger partial charge in [-0.05, 0) is 67.8 Å². The van der Waals surface area contributed by atoms with Crippen LogP contribution in [0, 0.1) is 17.8 Å². The van der Waals surface area contributed by atoms with Gasteiger partial charge in [0, 0.05) is 12.0 Å². The number of hydrogen-bond acceptors (Lipinski definition) is 4. The third-order valence-corrected chi connectivity index (χ3v) is 6.03. The molecule has 1 aromatic rings. The van der Waals surface area contributed by atoms with Crippen molar-refractivity contribution in [1.29, 1.82) is 0 Å². The SMILES string of the molecule is NCc1snnc1C12CC3CC(CC(C3)C1)C2. The third kappa shape index (κ3) is 1.43. The molecule has 0 aliphatic heterocycles. The van der Waals surface area contributed by atoms with Gasteiger partial charge in [0.2, 0.25) is 0 Å². The number of aromatic nitrogens is 2. The van der Waals surface area contributed by atoms with E-state index in [1.807, 2.05) is 0 Å². The van der Waals surface area contributed by atoms with Crippen molar-refractivity contribution in [2.24, 2.45) is 23.5 Å². The van der Waals surface area contributed by atoms with Crippen molar-refractivity contribution < 1.29 is 0 Å². The summed E-state index contributed by atoms with van der Waals surface area (Å²) in [6.07, 6.45) is 8.52. The minimum absolute atomic E-state index is 0.371. The van der Waals surface area contributed by atoms with Gasteiger partial charge in [0.25, 0.3) is 0 Å². The number of hydrogen-bond donors (Lipinski definition) is 1. The molecule has 5 rings (SSSR count). The Balaban J connectivity index is 1.77. The van der Waals surface area contributed by atoms with E-state index in [0.717, 1.165) is 17.8 Å². The summed E-state index contributed by atoms with van der Waals surface area (Å²) < 4.78 is 4.16. The maximum absolute atomic E-state index is 5.84. The van der Waals surface area contributed by atoms with Crippen LogP contribution in [-0.2, 0) is 12.0 Å². The van der Waals surface area contributed by atoms with Crippen LogP contribution in [0.2, 0.25) is 0 Å². The minimum Gasteiger partial charge on any atom is -0.326 e. The van der Waals surface area contributed by atoms with Crippen LogP contribution in [-0.4, -0.2) is 9.59 Å². The number of nitrogens with zero attached hydrogens (tertiary/aromatic N) is 2. The van der Waals surface area contributed by atoms with Crippen LogP contribution in [0.1, 0.15) is 49.1 Å². The van der Waals surface area contributed by atoms with Crippen LogP contribution >= 0.6 is 11.5 Å². The number of rotatable bonds is 2. The first-order chi connectivity index (χ1) is 8.29. The Morgan fingerprint density at radius 1 is 1.12 bits per heavy atom. The topological polar surface area (TPSA) is 51.8 Å². The summed E-state index contributed by atoms with van der Waals surface area (Å²) in [5.41, 5.74) is 7.50. The normalized spacial score (nSPS) is 43.2. The summed E-state index contributed by atoms with van der Waals surface area (Å²) in [5.74, 6) is 2.90. The van der Waals surface area contributed by atoms with Crippen LogP contribution in [0.4, 0.5) is 0 Å². The molecule has 0 radical (unpaired) electrons. The van der Waals surface area contributed by atoms with Crippen molar-refractivity contribution >= 4 is 11.5 Å². The van der Waals surface area contributed by atoms with Crippen molar-refractivity contribution in [3.8, 4) is 0 Å². The van der Waals surface area contributed by atoms with E-state index in [2.05, 4.69) is 9.59 Å². The monoisotopic (exact) mass is 249 g/mol. The van der Waals surface area contributed by atoms with E-state index >= 15 is 0 Å². The molecule has 0 saturated heterocycles. The summed E-state index contributed by atoms with van der Waals surface area (Å²) in [4.78, 5) is 1.24. The van der Waals surface area contributed by atoms with Crippen LogP contribution in [0.25, 0.3) is 0 Å². The molecule has 0 unspecified atom stereocenters. The molecule has 2 N–H and O–H groups in total. The number of nitrogens with two attached hydrogens (primary N) is 1. The van der Waals surface area contributed by atoms with E-state index in [-0.39, 0.29) is 0 Å². The lowest BCUT2D eigenvalue weighted by atomic mass is 9.48. The lowest BCUT2D eigenvalue weighted by Gasteiger charge is -2.56. The minimum atomic E-state index is 0.371. The largest absolute Gasteiger partial charge is 0.326 e. The Morgan fingerprint density at radius 2 is 1.71 bits per heavy atom. The zero-order chi connectivity index (χ0) is 11.5. The molecule has 0 aromatic carbocycles. The van der Waals surface area contributed by atoms with Crippen molar-refractivity contribution in [3.63, 3.8) is 0 Å². The van der Waals surface area contributed by atoms with E-state index in [1.165, 1.54) is 60.6 Å². The van der Waals surface area contributed by atoms with Crippen LogP contribution in [0.5, 0.6) is 0 Å². The summed E-state index contributed by atoms with van der Waals surface area (Å²) >= 11 is 1.51. The average Bonchev–Trinajstić information content (AvgIpc) is 2.75. The average molecular weight is 249 g/mol. The second-order valence-electron chi connectivity index (χ2n) is 6.45. The Morgan fingerprint density at radius 3 is 2.24 bits per heavy atom. The molecule has 0 atom stereocenters. The Kier molecular flexibility index (Phi) is 2.16. The fraction of sp³-hybridized carbons (Fsp3) is 0.846. The first-order valence-corrected chi connectivity index (χ1v) is 7.58. The van der Waals surface area contributed by atoms with Crippen molar-refractivity contribution in [2.45, 2.75) is 50.5 Å². The molecule has 4 saturated carbocycles. The van der Waals surface area contributed by atoms with E-state index in [0.29, 0.717) is 12.0 Å². The van der Waals surface area contributed by atoms with Gasteiger partial charge in [-0.25, -0.2) is 0 Å². The molecule has 17 heavy (non-hydrogen) atoms. The summed E-state index contributed by atoms with van der Waals surface area (Å²) in [7, 11) is 0. The van der Waals surface area contributed by atoms with Gasteiger partial charge in [-0.3, -0.25) is 0 Å². The Hall–Kier alpha value is -0.480. The molecule has 4 heteroatoms. The molecule has 4 aliphatic rings. The lowest BCUT2D eigenvalue weighted by molar-refractivity contribution is -0.00757. The highest BCUT2D eigenvalue weighted by Crippen LogP contribution is 2.60. The second-order valence-corrected chi connectivity index (χ2v) is 7.29. The van der Waals surface area contributed by atoms with Gasteiger partial charge in [-0.15, -0.1) is 5.10 Å². The van der Waals surface area contributed by atoms with Crippen molar-refractivity contribution in [3.05, 3.63) is 10.6 Å². The predicted octanol–water partition coefficient (Wildman–Crippen LogP) is 2.46. The molecule has 3 nitrogen and oxygen atoms in total. The zero-order valence-corrected chi connectivity index (χ0v) is 10.9. The fourth-order valence-corrected chi connectivity index (χ4v) is 5.79. The highest BCUT2D eigenvalue weighted by atomic mass is 32.1. The van der Waals surface area contributed by atoms with Gasteiger partial charge < -0.3 is 5.73 Å². The Bertz CT molecular complexity index is 404. The molecule has 92 valence electrons. The van der Waals surface area contributed by atoms with Crippen LogP contribution < -0.4 is 5.73 Å². The van der Waals surface area contributed by atoms with E-state index < -0.39 is 0 Å². The molecule has 1 aromatic heterocycles.